The SMILES string of the molecule is CC(CO)NC(=O)NCCc1nc(-c2cccc(Cl)c2)no1. The van der Waals surface area contributed by atoms with E-state index < -0.39 is 0 Å². The van der Waals surface area contributed by atoms with Crippen LogP contribution < -0.4 is 10.6 Å². The Morgan fingerprint density at radius 1 is 1.50 bits per heavy atom. The van der Waals surface area contributed by atoms with Crippen LogP contribution in [0.25, 0.3) is 11.4 Å². The highest BCUT2D eigenvalue weighted by molar-refractivity contribution is 6.30. The van der Waals surface area contributed by atoms with Crippen LogP contribution in [0.3, 0.4) is 0 Å². The summed E-state index contributed by atoms with van der Waals surface area (Å²) < 4.78 is 5.13. The Labute approximate surface area is 132 Å². The number of amides is 2. The van der Waals surface area contributed by atoms with Crippen molar-refractivity contribution in [3.63, 3.8) is 0 Å². The minimum atomic E-state index is -0.351. The second-order valence-electron chi connectivity index (χ2n) is 4.76. The van der Waals surface area contributed by atoms with E-state index in [1.54, 1.807) is 19.1 Å². The predicted molar refractivity (Wildman–Crippen MR) is 81.5 cm³/mol. The van der Waals surface area contributed by atoms with Gasteiger partial charge in [0.25, 0.3) is 0 Å². The molecule has 8 heteroatoms. The Kier molecular flexibility index (Phi) is 5.74. The minimum Gasteiger partial charge on any atom is -0.394 e. The van der Waals surface area contributed by atoms with Crippen molar-refractivity contribution in [2.24, 2.45) is 0 Å². The second-order valence-corrected chi connectivity index (χ2v) is 5.19. The molecule has 2 aromatic rings. The zero-order valence-electron chi connectivity index (χ0n) is 12.0. The number of benzene rings is 1. The van der Waals surface area contributed by atoms with Crippen molar-refractivity contribution in [1.29, 1.82) is 0 Å². The van der Waals surface area contributed by atoms with E-state index >= 15 is 0 Å². The summed E-state index contributed by atoms with van der Waals surface area (Å²) in [6.45, 7) is 1.94. The normalized spacial score (nSPS) is 12.0. The number of hydrogen-bond donors (Lipinski definition) is 3. The number of carbonyl (C=O) groups is 1. The van der Waals surface area contributed by atoms with Crippen LogP contribution in [0.1, 0.15) is 12.8 Å². The number of aromatic nitrogens is 2. The number of carbonyl (C=O) groups excluding carboxylic acids is 1. The van der Waals surface area contributed by atoms with E-state index in [2.05, 4.69) is 20.8 Å². The fourth-order valence-electron chi connectivity index (χ4n) is 1.70. The Hall–Kier alpha value is -2.12. The van der Waals surface area contributed by atoms with Crippen molar-refractivity contribution in [1.82, 2.24) is 20.8 Å². The molecule has 0 saturated carbocycles. The molecule has 2 rings (SSSR count). The van der Waals surface area contributed by atoms with Crippen molar-refractivity contribution in [3.8, 4) is 11.4 Å². The summed E-state index contributed by atoms with van der Waals surface area (Å²) in [6, 6.07) is 6.51. The van der Waals surface area contributed by atoms with Crippen LogP contribution >= 0.6 is 11.6 Å². The molecule has 0 spiro atoms. The third kappa shape index (κ3) is 4.71. The van der Waals surface area contributed by atoms with Gasteiger partial charge in [-0.1, -0.05) is 28.9 Å². The molecule has 1 heterocycles. The van der Waals surface area contributed by atoms with E-state index in [0.717, 1.165) is 5.56 Å². The summed E-state index contributed by atoms with van der Waals surface area (Å²) in [4.78, 5) is 15.7. The lowest BCUT2D eigenvalue weighted by atomic mass is 10.2. The number of aliphatic hydroxyl groups is 1. The average Bonchev–Trinajstić information content (AvgIpc) is 2.96. The van der Waals surface area contributed by atoms with Gasteiger partial charge in [0.05, 0.1) is 12.6 Å². The molecule has 7 nitrogen and oxygen atoms in total. The van der Waals surface area contributed by atoms with E-state index in [1.807, 2.05) is 12.1 Å². The van der Waals surface area contributed by atoms with Crippen LogP contribution in [-0.4, -0.2) is 40.5 Å². The van der Waals surface area contributed by atoms with Crippen molar-refractivity contribution >= 4 is 17.6 Å². The van der Waals surface area contributed by atoms with Gasteiger partial charge in [-0.25, -0.2) is 4.79 Å². The number of aliphatic hydroxyl groups excluding tert-OH is 1. The van der Waals surface area contributed by atoms with E-state index in [4.69, 9.17) is 21.2 Å². The highest BCUT2D eigenvalue weighted by atomic mass is 35.5. The molecular formula is C14H17ClN4O3. The number of halogens is 1. The van der Waals surface area contributed by atoms with E-state index in [9.17, 15) is 4.79 Å². The molecule has 0 aliphatic rings. The summed E-state index contributed by atoms with van der Waals surface area (Å²) in [5.41, 5.74) is 0.768. The van der Waals surface area contributed by atoms with Crippen LogP contribution in [-0.2, 0) is 6.42 Å². The Morgan fingerprint density at radius 3 is 3.05 bits per heavy atom. The van der Waals surface area contributed by atoms with Crippen molar-refractivity contribution in [2.45, 2.75) is 19.4 Å². The molecule has 0 aliphatic carbocycles. The first-order chi connectivity index (χ1) is 10.6. The molecule has 3 N–H and O–H groups in total. The monoisotopic (exact) mass is 324 g/mol. The van der Waals surface area contributed by atoms with E-state index in [-0.39, 0.29) is 18.7 Å². The Balaban J connectivity index is 1.84. The quantitative estimate of drug-likeness (QED) is 0.749. The van der Waals surface area contributed by atoms with Crippen LogP contribution in [0.2, 0.25) is 5.02 Å². The molecule has 0 radical (unpaired) electrons. The van der Waals surface area contributed by atoms with Gasteiger partial charge in [-0.05, 0) is 19.1 Å². The van der Waals surface area contributed by atoms with Gasteiger partial charge in [0.15, 0.2) is 0 Å². The van der Waals surface area contributed by atoms with Crippen molar-refractivity contribution in [2.75, 3.05) is 13.2 Å². The Bertz CT molecular complexity index is 632. The molecule has 1 aromatic carbocycles. The standard InChI is InChI=1S/C14H17ClN4O3/c1-9(8-20)17-14(21)16-6-5-12-18-13(19-22-12)10-3-2-4-11(15)7-10/h2-4,7,9,20H,5-6,8H2,1H3,(H2,16,17,21). The molecular weight excluding hydrogens is 308 g/mol. The summed E-state index contributed by atoms with van der Waals surface area (Å²) in [7, 11) is 0. The maximum Gasteiger partial charge on any atom is 0.315 e. The number of hydrogen-bond acceptors (Lipinski definition) is 5. The molecule has 1 unspecified atom stereocenters. The lowest BCUT2D eigenvalue weighted by Crippen LogP contribution is -2.42. The van der Waals surface area contributed by atoms with Gasteiger partial charge in [-0.3, -0.25) is 0 Å². The molecule has 0 bridgehead atoms. The van der Waals surface area contributed by atoms with Crippen LogP contribution in [0.4, 0.5) is 4.79 Å². The van der Waals surface area contributed by atoms with Gasteiger partial charge >= 0.3 is 6.03 Å². The predicted octanol–water partition coefficient (Wildman–Crippen LogP) is 1.61. The number of rotatable bonds is 6. The van der Waals surface area contributed by atoms with E-state index in [1.165, 1.54) is 0 Å². The fourth-order valence-corrected chi connectivity index (χ4v) is 1.89. The third-order valence-corrected chi connectivity index (χ3v) is 3.06. The summed E-state index contributed by atoms with van der Waals surface area (Å²) in [5.74, 6) is 0.876. The van der Waals surface area contributed by atoms with Crippen molar-refractivity contribution < 1.29 is 14.4 Å². The molecule has 2 amide bonds. The van der Waals surface area contributed by atoms with Crippen LogP contribution in [0, 0.1) is 0 Å². The number of nitrogens with zero attached hydrogens (tertiary/aromatic N) is 2. The zero-order valence-corrected chi connectivity index (χ0v) is 12.8. The number of nitrogens with one attached hydrogen (secondary N) is 2. The first kappa shape index (κ1) is 16.3. The van der Waals surface area contributed by atoms with Gasteiger partial charge in [-0.15, -0.1) is 0 Å². The van der Waals surface area contributed by atoms with Gasteiger partial charge in [0.1, 0.15) is 0 Å². The fraction of sp³-hybridized carbons (Fsp3) is 0.357. The highest BCUT2D eigenvalue weighted by Gasteiger charge is 2.10. The number of urea groups is 1. The van der Waals surface area contributed by atoms with Crippen LogP contribution in [0.15, 0.2) is 28.8 Å². The Morgan fingerprint density at radius 2 is 2.32 bits per heavy atom. The molecule has 118 valence electrons. The second kappa shape index (κ2) is 7.77. The summed E-state index contributed by atoms with van der Waals surface area (Å²) in [5, 5.41) is 18.5. The first-order valence-electron chi connectivity index (χ1n) is 6.82. The smallest absolute Gasteiger partial charge is 0.315 e. The lowest BCUT2D eigenvalue weighted by Gasteiger charge is -2.11. The highest BCUT2D eigenvalue weighted by Crippen LogP contribution is 2.19. The summed E-state index contributed by atoms with van der Waals surface area (Å²) in [6.07, 6.45) is 0.411. The maximum atomic E-state index is 11.5. The first-order valence-corrected chi connectivity index (χ1v) is 7.20. The van der Waals surface area contributed by atoms with Gasteiger partial charge in [-0.2, -0.15) is 4.98 Å². The molecule has 0 fully saturated rings. The maximum absolute atomic E-state index is 11.5. The molecule has 1 aromatic heterocycles. The van der Waals surface area contributed by atoms with Crippen molar-refractivity contribution in [3.05, 3.63) is 35.2 Å². The average molecular weight is 325 g/mol. The molecule has 22 heavy (non-hydrogen) atoms. The largest absolute Gasteiger partial charge is 0.394 e. The lowest BCUT2D eigenvalue weighted by molar-refractivity contribution is 0.220. The van der Waals surface area contributed by atoms with E-state index in [0.29, 0.717) is 29.7 Å². The van der Waals surface area contributed by atoms with Crippen LogP contribution in [0.5, 0.6) is 0 Å². The summed E-state index contributed by atoms with van der Waals surface area (Å²) >= 11 is 5.91. The minimum absolute atomic E-state index is 0.111. The molecule has 1 atom stereocenters. The molecule has 0 aliphatic heterocycles. The van der Waals surface area contributed by atoms with Gasteiger partial charge in [0, 0.05) is 23.6 Å². The topological polar surface area (TPSA) is 100 Å². The van der Waals surface area contributed by atoms with Gasteiger partial charge in [0.2, 0.25) is 11.7 Å². The third-order valence-electron chi connectivity index (χ3n) is 2.83. The van der Waals surface area contributed by atoms with Gasteiger partial charge < -0.3 is 20.3 Å². The molecule has 0 saturated heterocycles. The zero-order chi connectivity index (χ0) is 15.9.